The third-order valence-corrected chi connectivity index (χ3v) is 5.66. The average molecular weight is 385 g/mol. The highest BCUT2D eigenvalue weighted by Crippen LogP contribution is 2.33. The van der Waals surface area contributed by atoms with E-state index >= 15 is 0 Å². The van der Waals surface area contributed by atoms with Crippen LogP contribution in [0, 0.1) is 0 Å². The van der Waals surface area contributed by atoms with Crippen molar-refractivity contribution in [1.29, 1.82) is 0 Å². The van der Waals surface area contributed by atoms with Crippen molar-refractivity contribution in [3.05, 3.63) is 41.5 Å². The smallest absolute Gasteiger partial charge is 0.249 e. The zero-order chi connectivity index (χ0) is 19.3. The molecule has 4 rings (SSSR count). The SMILES string of the molecule is COc1cccc(CCC(=O)N2CCCC2c2nc(C3CCOCC3)no2)c1. The number of aromatic nitrogens is 2. The second kappa shape index (κ2) is 8.73. The highest BCUT2D eigenvalue weighted by molar-refractivity contribution is 5.77. The maximum atomic E-state index is 12.9. The van der Waals surface area contributed by atoms with Gasteiger partial charge in [0.25, 0.3) is 0 Å². The summed E-state index contributed by atoms with van der Waals surface area (Å²) >= 11 is 0. The minimum Gasteiger partial charge on any atom is -0.497 e. The van der Waals surface area contributed by atoms with Crippen LogP contribution >= 0.6 is 0 Å². The van der Waals surface area contributed by atoms with Crippen LogP contribution < -0.4 is 4.74 Å². The number of benzene rings is 1. The highest BCUT2D eigenvalue weighted by atomic mass is 16.5. The molecular weight excluding hydrogens is 358 g/mol. The van der Waals surface area contributed by atoms with E-state index in [0.717, 1.165) is 62.6 Å². The zero-order valence-electron chi connectivity index (χ0n) is 16.3. The molecule has 1 atom stereocenters. The summed E-state index contributed by atoms with van der Waals surface area (Å²) in [4.78, 5) is 19.4. The minimum absolute atomic E-state index is 0.0982. The molecule has 0 aliphatic carbocycles. The van der Waals surface area contributed by atoms with Crippen LogP contribution in [0.5, 0.6) is 5.75 Å². The van der Waals surface area contributed by atoms with Crippen LogP contribution in [-0.4, -0.2) is 47.8 Å². The predicted molar refractivity (Wildman–Crippen MR) is 102 cm³/mol. The average Bonchev–Trinajstić information content (AvgIpc) is 3.42. The first-order valence-corrected chi connectivity index (χ1v) is 10.1. The van der Waals surface area contributed by atoms with Crippen molar-refractivity contribution in [1.82, 2.24) is 15.0 Å². The molecule has 0 spiro atoms. The first kappa shape index (κ1) is 18.9. The molecule has 2 aliphatic rings. The van der Waals surface area contributed by atoms with E-state index in [2.05, 4.69) is 10.1 Å². The summed E-state index contributed by atoms with van der Waals surface area (Å²) < 4.78 is 16.2. The normalized spacial score (nSPS) is 20.5. The quantitative estimate of drug-likeness (QED) is 0.759. The summed E-state index contributed by atoms with van der Waals surface area (Å²) in [6.45, 7) is 2.23. The van der Waals surface area contributed by atoms with Crippen molar-refractivity contribution >= 4 is 5.91 Å². The molecule has 2 aliphatic heterocycles. The van der Waals surface area contributed by atoms with Gasteiger partial charge >= 0.3 is 0 Å². The summed E-state index contributed by atoms with van der Waals surface area (Å²) in [5.41, 5.74) is 1.10. The van der Waals surface area contributed by atoms with Gasteiger partial charge in [0.1, 0.15) is 11.8 Å². The Balaban J connectivity index is 1.38. The molecule has 0 radical (unpaired) electrons. The van der Waals surface area contributed by atoms with E-state index < -0.39 is 0 Å². The maximum absolute atomic E-state index is 12.9. The van der Waals surface area contributed by atoms with Gasteiger partial charge in [-0.25, -0.2) is 0 Å². The lowest BCUT2D eigenvalue weighted by atomic mass is 10.00. The fourth-order valence-electron chi connectivity index (χ4n) is 4.05. The summed E-state index contributed by atoms with van der Waals surface area (Å²) in [6, 6.07) is 7.77. The lowest BCUT2D eigenvalue weighted by molar-refractivity contribution is -0.132. The van der Waals surface area contributed by atoms with Crippen molar-refractivity contribution in [2.24, 2.45) is 0 Å². The molecule has 2 saturated heterocycles. The predicted octanol–water partition coefficient (Wildman–Crippen LogP) is 3.27. The number of likely N-dealkylation sites (tertiary alicyclic amines) is 1. The van der Waals surface area contributed by atoms with Crippen molar-refractivity contribution in [3.8, 4) is 5.75 Å². The van der Waals surface area contributed by atoms with Crippen LogP contribution in [-0.2, 0) is 16.0 Å². The number of nitrogens with zero attached hydrogens (tertiary/aromatic N) is 3. The Hall–Kier alpha value is -2.41. The number of hydrogen-bond donors (Lipinski definition) is 0. The minimum atomic E-state index is -0.0982. The molecule has 1 amide bonds. The van der Waals surface area contributed by atoms with E-state index in [1.807, 2.05) is 29.2 Å². The largest absolute Gasteiger partial charge is 0.497 e. The molecule has 7 heteroatoms. The lowest BCUT2D eigenvalue weighted by Crippen LogP contribution is -2.31. The van der Waals surface area contributed by atoms with Crippen molar-refractivity contribution in [2.45, 2.75) is 50.5 Å². The maximum Gasteiger partial charge on any atom is 0.249 e. The van der Waals surface area contributed by atoms with Crippen molar-refractivity contribution in [3.63, 3.8) is 0 Å². The van der Waals surface area contributed by atoms with E-state index in [0.29, 0.717) is 24.7 Å². The Bertz CT molecular complexity index is 800. The van der Waals surface area contributed by atoms with Gasteiger partial charge in [-0.15, -0.1) is 0 Å². The Labute approximate surface area is 165 Å². The number of aryl methyl sites for hydroxylation is 1. The van der Waals surface area contributed by atoms with E-state index in [4.69, 9.17) is 14.0 Å². The van der Waals surface area contributed by atoms with Gasteiger partial charge in [-0.05, 0) is 49.8 Å². The Morgan fingerprint density at radius 2 is 2.14 bits per heavy atom. The molecule has 1 aromatic heterocycles. The standard InChI is InChI=1S/C21H27N3O4/c1-26-17-5-2-4-15(14-17)7-8-19(25)24-11-3-6-18(24)21-22-20(23-28-21)16-9-12-27-13-10-16/h2,4-5,14,16,18H,3,6-13H2,1H3. The topological polar surface area (TPSA) is 77.7 Å². The zero-order valence-corrected chi connectivity index (χ0v) is 16.3. The molecule has 1 unspecified atom stereocenters. The van der Waals surface area contributed by atoms with Crippen molar-refractivity contribution in [2.75, 3.05) is 26.9 Å². The molecule has 28 heavy (non-hydrogen) atoms. The van der Waals surface area contributed by atoms with Gasteiger partial charge < -0.3 is 18.9 Å². The van der Waals surface area contributed by atoms with E-state index in [1.54, 1.807) is 7.11 Å². The molecule has 0 bridgehead atoms. The Morgan fingerprint density at radius 1 is 1.29 bits per heavy atom. The van der Waals surface area contributed by atoms with Gasteiger partial charge in [0.2, 0.25) is 11.8 Å². The summed E-state index contributed by atoms with van der Waals surface area (Å²) in [7, 11) is 1.65. The Morgan fingerprint density at radius 3 is 2.96 bits per heavy atom. The van der Waals surface area contributed by atoms with Crippen LogP contribution in [0.25, 0.3) is 0 Å². The first-order chi connectivity index (χ1) is 13.7. The van der Waals surface area contributed by atoms with Crippen LogP contribution in [0.4, 0.5) is 0 Å². The second-order valence-corrected chi connectivity index (χ2v) is 7.47. The van der Waals surface area contributed by atoms with E-state index in [-0.39, 0.29) is 11.9 Å². The summed E-state index contributed by atoms with van der Waals surface area (Å²) in [5.74, 6) is 2.58. The molecule has 1 aromatic carbocycles. The van der Waals surface area contributed by atoms with Gasteiger partial charge in [0, 0.05) is 32.1 Å². The molecule has 0 saturated carbocycles. The van der Waals surface area contributed by atoms with Gasteiger partial charge in [-0.3, -0.25) is 4.79 Å². The van der Waals surface area contributed by atoms with E-state index in [9.17, 15) is 4.79 Å². The first-order valence-electron chi connectivity index (χ1n) is 10.1. The van der Waals surface area contributed by atoms with Crippen LogP contribution in [0.2, 0.25) is 0 Å². The number of carbonyl (C=O) groups is 1. The van der Waals surface area contributed by atoms with Gasteiger partial charge in [-0.1, -0.05) is 17.3 Å². The molecule has 3 heterocycles. The number of amides is 1. The lowest BCUT2D eigenvalue weighted by Gasteiger charge is -2.22. The molecule has 0 N–H and O–H groups in total. The van der Waals surface area contributed by atoms with Gasteiger partial charge in [0.05, 0.1) is 7.11 Å². The van der Waals surface area contributed by atoms with E-state index in [1.165, 1.54) is 0 Å². The van der Waals surface area contributed by atoms with Crippen LogP contribution in [0.3, 0.4) is 0 Å². The second-order valence-electron chi connectivity index (χ2n) is 7.47. The monoisotopic (exact) mass is 385 g/mol. The highest BCUT2D eigenvalue weighted by Gasteiger charge is 2.34. The van der Waals surface area contributed by atoms with Crippen LogP contribution in [0.15, 0.2) is 28.8 Å². The molecule has 2 aromatic rings. The summed E-state index contributed by atoms with van der Waals surface area (Å²) in [6.07, 6.45) is 4.84. The van der Waals surface area contributed by atoms with Crippen LogP contribution in [0.1, 0.15) is 61.3 Å². The summed E-state index contributed by atoms with van der Waals surface area (Å²) in [5, 5.41) is 4.20. The number of ether oxygens (including phenoxy) is 2. The molecule has 2 fully saturated rings. The third kappa shape index (κ3) is 4.19. The number of methoxy groups -OCH3 is 1. The van der Waals surface area contributed by atoms with Gasteiger partial charge in [0.15, 0.2) is 5.82 Å². The number of carbonyl (C=O) groups excluding carboxylic acids is 1. The van der Waals surface area contributed by atoms with Gasteiger partial charge in [-0.2, -0.15) is 4.98 Å². The fraction of sp³-hybridized carbons (Fsp3) is 0.571. The fourth-order valence-corrected chi connectivity index (χ4v) is 4.05. The Kier molecular flexibility index (Phi) is 5.90. The molecule has 150 valence electrons. The molecule has 7 nitrogen and oxygen atoms in total. The molecular formula is C21H27N3O4. The number of hydrogen-bond acceptors (Lipinski definition) is 6. The number of rotatable bonds is 6. The van der Waals surface area contributed by atoms with Crippen molar-refractivity contribution < 1.29 is 18.8 Å². The third-order valence-electron chi connectivity index (χ3n) is 5.66.